The van der Waals surface area contributed by atoms with Crippen molar-refractivity contribution in [1.82, 2.24) is 9.80 Å². The van der Waals surface area contributed by atoms with Crippen LogP contribution in [0.3, 0.4) is 0 Å². The third kappa shape index (κ3) is 4.23. The van der Waals surface area contributed by atoms with Gasteiger partial charge in [0.1, 0.15) is 0 Å². The molecule has 0 spiro atoms. The van der Waals surface area contributed by atoms with Gasteiger partial charge in [-0.1, -0.05) is 6.07 Å². The number of piperidine rings is 1. The van der Waals surface area contributed by atoms with Gasteiger partial charge >= 0.3 is 6.03 Å². The van der Waals surface area contributed by atoms with Crippen molar-refractivity contribution in [1.29, 1.82) is 0 Å². The summed E-state index contributed by atoms with van der Waals surface area (Å²) in [7, 11) is 3.47. The van der Waals surface area contributed by atoms with E-state index in [1.807, 2.05) is 31.2 Å². The maximum absolute atomic E-state index is 12.6. The molecule has 2 fully saturated rings. The molecule has 146 valence electrons. The number of hydrogen-bond acceptors (Lipinski definition) is 3. The van der Waals surface area contributed by atoms with Crippen LogP contribution in [0.25, 0.3) is 0 Å². The van der Waals surface area contributed by atoms with Crippen molar-refractivity contribution >= 4 is 29.2 Å². The Morgan fingerprint density at radius 2 is 1.85 bits per heavy atom. The first kappa shape index (κ1) is 19.2. The summed E-state index contributed by atoms with van der Waals surface area (Å²) in [6.45, 7) is 3.23. The molecule has 2 aliphatic rings. The number of anilines is 2. The minimum absolute atomic E-state index is 0.00837. The van der Waals surface area contributed by atoms with E-state index in [1.54, 1.807) is 28.8 Å². The zero-order valence-electron chi connectivity index (χ0n) is 16.3. The van der Waals surface area contributed by atoms with Gasteiger partial charge in [0.25, 0.3) is 0 Å². The summed E-state index contributed by atoms with van der Waals surface area (Å²) >= 11 is 0. The number of carbonyl (C=O) groups is 3. The van der Waals surface area contributed by atoms with Crippen LogP contribution in [0.5, 0.6) is 0 Å². The van der Waals surface area contributed by atoms with Gasteiger partial charge in [-0.2, -0.15) is 0 Å². The number of benzene rings is 1. The molecule has 27 heavy (non-hydrogen) atoms. The van der Waals surface area contributed by atoms with E-state index in [-0.39, 0.29) is 29.8 Å². The molecule has 7 nitrogen and oxygen atoms in total. The molecule has 2 aliphatic heterocycles. The Labute approximate surface area is 160 Å². The van der Waals surface area contributed by atoms with E-state index in [1.165, 1.54) is 0 Å². The molecule has 1 unspecified atom stereocenters. The summed E-state index contributed by atoms with van der Waals surface area (Å²) < 4.78 is 0. The number of hydrogen-bond donors (Lipinski definition) is 1. The Morgan fingerprint density at radius 1 is 1.15 bits per heavy atom. The van der Waals surface area contributed by atoms with Crippen LogP contribution in [0.1, 0.15) is 32.6 Å². The van der Waals surface area contributed by atoms with Crippen LogP contribution in [0.4, 0.5) is 16.2 Å². The monoisotopic (exact) mass is 372 g/mol. The molecule has 2 heterocycles. The van der Waals surface area contributed by atoms with Gasteiger partial charge in [0.15, 0.2) is 0 Å². The Hall–Kier alpha value is -2.57. The summed E-state index contributed by atoms with van der Waals surface area (Å²) in [6, 6.07) is 7.65. The molecule has 3 rings (SSSR count). The summed E-state index contributed by atoms with van der Waals surface area (Å²) in [6.07, 6.45) is 2.75. The first-order valence-electron chi connectivity index (χ1n) is 9.56. The number of nitrogens with one attached hydrogen (secondary N) is 1. The van der Waals surface area contributed by atoms with Crippen LogP contribution in [-0.2, 0) is 9.59 Å². The van der Waals surface area contributed by atoms with Crippen molar-refractivity contribution in [3.63, 3.8) is 0 Å². The van der Waals surface area contributed by atoms with E-state index in [0.717, 1.165) is 12.1 Å². The van der Waals surface area contributed by atoms with Crippen molar-refractivity contribution in [2.75, 3.05) is 37.4 Å². The lowest BCUT2D eigenvalue weighted by Crippen LogP contribution is -2.45. The molecule has 1 aromatic rings. The van der Waals surface area contributed by atoms with Crippen molar-refractivity contribution < 1.29 is 14.4 Å². The van der Waals surface area contributed by atoms with Crippen molar-refractivity contribution in [3.05, 3.63) is 24.3 Å². The molecule has 7 heteroatoms. The van der Waals surface area contributed by atoms with Crippen LogP contribution in [-0.4, -0.2) is 60.9 Å². The second kappa shape index (κ2) is 7.98. The summed E-state index contributed by atoms with van der Waals surface area (Å²) in [5.74, 6) is 0.000942. The topological polar surface area (TPSA) is 73.0 Å². The molecule has 0 saturated carbocycles. The predicted molar refractivity (Wildman–Crippen MR) is 105 cm³/mol. The van der Waals surface area contributed by atoms with Crippen LogP contribution < -0.4 is 10.2 Å². The van der Waals surface area contributed by atoms with E-state index >= 15 is 0 Å². The smallest absolute Gasteiger partial charge is 0.319 e. The lowest BCUT2D eigenvalue weighted by atomic mass is 9.96. The number of rotatable bonds is 3. The average Bonchev–Trinajstić information content (AvgIpc) is 2.99. The van der Waals surface area contributed by atoms with E-state index in [9.17, 15) is 14.4 Å². The SMILES string of the molecule is CC1CCC(=O)N1c1cccc(NC(=O)C2CCN(C(=O)N(C)C)CC2)c1. The predicted octanol–water partition coefficient (Wildman–Crippen LogP) is 2.53. The highest BCUT2D eigenvalue weighted by Gasteiger charge is 2.30. The zero-order valence-corrected chi connectivity index (χ0v) is 16.3. The molecular formula is C20H28N4O3. The molecule has 0 aliphatic carbocycles. The van der Waals surface area contributed by atoms with Crippen LogP contribution in [0.15, 0.2) is 24.3 Å². The van der Waals surface area contributed by atoms with E-state index < -0.39 is 0 Å². The fraction of sp³-hybridized carbons (Fsp3) is 0.550. The highest BCUT2D eigenvalue weighted by atomic mass is 16.2. The quantitative estimate of drug-likeness (QED) is 0.886. The standard InChI is InChI=1S/C20H28N4O3/c1-14-7-8-18(25)24(14)17-6-4-5-16(13-17)21-19(26)15-9-11-23(12-10-15)20(27)22(2)3/h4-6,13-15H,7-12H2,1-3H3,(H,21,26). The van der Waals surface area contributed by atoms with Gasteiger partial charge in [-0.15, -0.1) is 0 Å². The Balaban J connectivity index is 1.60. The first-order chi connectivity index (χ1) is 12.9. The Bertz CT molecular complexity index is 726. The summed E-state index contributed by atoms with van der Waals surface area (Å²) in [4.78, 5) is 41.9. The largest absolute Gasteiger partial charge is 0.331 e. The number of amides is 4. The number of carbonyl (C=O) groups excluding carboxylic acids is 3. The van der Waals surface area contributed by atoms with Gasteiger partial charge in [-0.25, -0.2) is 4.79 Å². The molecule has 0 bridgehead atoms. The maximum Gasteiger partial charge on any atom is 0.319 e. The Kier molecular flexibility index (Phi) is 5.68. The van der Waals surface area contributed by atoms with Gasteiger partial charge in [-0.05, 0) is 44.4 Å². The van der Waals surface area contributed by atoms with Crippen LogP contribution in [0, 0.1) is 5.92 Å². The van der Waals surface area contributed by atoms with E-state index in [2.05, 4.69) is 5.32 Å². The van der Waals surface area contributed by atoms with Crippen molar-refractivity contribution in [3.8, 4) is 0 Å². The second-order valence-corrected chi connectivity index (χ2v) is 7.63. The summed E-state index contributed by atoms with van der Waals surface area (Å²) in [5.41, 5.74) is 1.53. The van der Waals surface area contributed by atoms with Crippen molar-refractivity contribution in [2.45, 2.75) is 38.6 Å². The minimum atomic E-state index is -0.104. The number of urea groups is 1. The van der Waals surface area contributed by atoms with Crippen LogP contribution >= 0.6 is 0 Å². The maximum atomic E-state index is 12.6. The molecule has 1 aromatic carbocycles. The third-order valence-electron chi connectivity index (χ3n) is 5.40. The van der Waals surface area contributed by atoms with Gasteiger partial charge < -0.3 is 20.0 Å². The van der Waals surface area contributed by atoms with E-state index in [0.29, 0.717) is 38.0 Å². The van der Waals surface area contributed by atoms with Gasteiger partial charge in [-0.3, -0.25) is 9.59 Å². The Morgan fingerprint density at radius 3 is 2.44 bits per heavy atom. The van der Waals surface area contributed by atoms with Crippen molar-refractivity contribution in [2.24, 2.45) is 5.92 Å². The molecule has 1 N–H and O–H groups in total. The fourth-order valence-corrected chi connectivity index (χ4v) is 3.82. The lowest BCUT2D eigenvalue weighted by molar-refractivity contribution is -0.121. The normalized spacial score (nSPS) is 20.7. The highest BCUT2D eigenvalue weighted by Crippen LogP contribution is 2.29. The molecule has 1 atom stereocenters. The van der Waals surface area contributed by atoms with Gasteiger partial charge in [0.05, 0.1) is 0 Å². The third-order valence-corrected chi connectivity index (χ3v) is 5.40. The van der Waals surface area contributed by atoms with Gasteiger partial charge in [0, 0.05) is 56.9 Å². The molecule has 0 radical (unpaired) electrons. The minimum Gasteiger partial charge on any atom is -0.331 e. The molecule has 0 aromatic heterocycles. The number of likely N-dealkylation sites (tertiary alicyclic amines) is 1. The molecule has 2 saturated heterocycles. The molecule has 4 amide bonds. The fourth-order valence-electron chi connectivity index (χ4n) is 3.82. The number of nitrogens with zero attached hydrogens (tertiary/aromatic N) is 3. The lowest BCUT2D eigenvalue weighted by Gasteiger charge is -2.33. The van der Waals surface area contributed by atoms with Gasteiger partial charge in [0.2, 0.25) is 11.8 Å². The van der Waals surface area contributed by atoms with E-state index in [4.69, 9.17) is 0 Å². The highest BCUT2D eigenvalue weighted by molar-refractivity contribution is 5.98. The van der Waals surface area contributed by atoms with Crippen LogP contribution in [0.2, 0.25) is 0 Å². The second-order valence-electron chi connectivity index (χ2n) is 7.63. The first-order valence-corrected chi connectivity index (χ1v) is 9.56. The zero-order chi connectivity index (χ0) is 19.6. The molecular weight excluding hydrogens is 344 g/mol. The summed E-state index contributed by atoms with van der Waals surface area (Å²) in [5, 5.41) is 2.98. The average molecular weight is 372 g/mol.